The maximum atomic E-state index is 13.5. The molecule has 3 heteroatoms. The van der Waals surface area contributed by atoms with E-state index >= 15 is 0 Å². The van der Waals surface area contributed by atoms with E-state index in [1.54, 1.807) is 12.1 Å². The van der Waals surface area contributed by atoms with E-state index in [2.05, 4.69) is 48.6 Å². The number of benzene rings is 3. The third-order valence-electron chi connectivity index (χ3n) is 9.29. The van der Waals surface area contributed by atoms with Crippen LogP contribution in [0.4, 0.5) is 11.4 Å². The van der Waals surface area contributed by atoms with E-state index in [4.69, 9.17) is 0 Å². The van der Waals surface area contributed by atoms with Gasteiger partial charge in [-0.15, -0.1) is 0 Å². The number of rotatable bonds is 4. The number of allylic oxidation sites excluding steroid dienone is 2. The predicted molar refractivity (Wildman–Crippen MR) is 149 cm³/mol. The number of carbonyl (C=O) groups excluding carboxylic acids is 2. The number of aryl methyl sites for hydroxylation is 2. The molecule has 4 aliphatic rings. The molecule has 1 N–H and O–H groups in total. The van der Waals surface area contributed by atoms with Gasteiger partial charge in [0.05, 0.1) is 0 Å². The molecule has 3 nitrogen and oxygen atoms in total. The molecule has 1 fully saturated rings. The minimum atomic E-state index is -0.708. The van der Waals surface area contributed by atoms with Crippen molar-refractivity contribution in [1.29, 1.82) is 0 Å². The summed E-state index contributed by atoms with van der Waals surface area (Å²) in [6.07, 6.45) is 12.1. The van der Waals surface area contributed by atoms with E-state index in [0.29, 0.717) is 17.0 Å². The Kier molecular flexibility index (Phi) is 5.42. The molecule has 37 heavy (non-hydrogen) atoms. The molecule has 0 heterocycles. The highest BCUT2D eigenvalue weighted by Crippen LogP contribution is 2.50. The molecule has 0 aromatic heterocycles. The Morgan fingerprint density at radius 2 is 1.51 bits per heavy atom. The Morgan fingerprint density at radius 1 is 0.757 bits per heavy atom. The standard InChI is InChI=1S/C34H33NO2/c1-20-17-27-28(19-31(20)35-30-16-8-12-21-11-7-15-23(21)30)26(22-9-3-2-4-10-22)18-29(27)32-33(36)24-13-5-6-14-25(24)34(32)37/h5-6,8,12-14,16-19,22,26,32,35H,2-4,7,9-11,15H2,1H3. The molecule has 7 rings (SSSR count). The molecule has 3 aromatic rings. The Hall–Kier alpha value is -3.46. The summed E-state index contributed by atoms with van der Waals surface area (Å²) in [5, 5.41) is 3.78. The van der Waals surface area contributed by atoms with Crippen LogP contribution in [0.5, 0.6) is 0 Å². The van der Waals surface area contributed by atoms with Crippen LogP contribution in [0.3, 0.4) is 0 Å². The lowest BCUT2D eigenvalue weighted by molar-refractivity contribution is 0.0878. The van der Waals surface area contributed by atoms with Gasteiger partial charge in [0.25, 0.3) is 0 Å². The minimum Gasteiger partial charge on any atom is -0.355 e. The molecule has 1 saturated carbocycles. The van der Waals surface area contributed by atoms with Gasteiger partial charge in [-0.3, -0.25) is 9.59 Å². The average Bonchev–Trinajstić information content (AvgIpc) is 3.61. The van der Waals surface area contributed by atoms with Crippen molar-refractivity contribution < 1.29 is 9.59 Å². The van der Waals surface area contributed by atoms with E-state index in [9.17, 15) is 9.59 Å². The number of hydrogen-bond donors (Lipinski definition) is 1. The van der Waals surface area contributed by atoms with Crippen LogP contribution in [-0.2, 0) is 12.8 Å². The van der Waals surface area contributed by atoms with Crippen LogP contribution in [-0.4, -0.2) is 11.6 Å². The molecular formula is C34H33NO2. The second kappa shape index (κ2) is 8.83. The summed E-state index contributed by atoms with van der Waals surface area (Å²) in [7, 11) is 0. The van der Waals surface area contributed by atoms with Gasteiger partial charge in [0, 0.05) is 28.4 Å². The summed E-state index contributed by atoms with van der Waals surface area (Å²) in [6, 6.07) is 18.5. The molecule has 0 spiro atoms. The third-order valence-corrected chi connectivity index (χ3v) is 9.29. The summed E-state index contributed by atoms with van der Waals surface area (Å²) >= 11 is 0. The normalized spacial score (nSPS) is 21.1. The first-order valence-corrected chi connectivity index (χ1v) is 14.0. The SMILES string of the molecule is Cc1cc2c(cc1Nc1cccc3c1CCC3)C(C1CCCCC1)C=C2C1C(=O)c2ccccc2C1=O. The van der Waals surface area contributed by atoms with E-state index in [1.165, 1.54) is 60.9 Å². The number of carbonyl (C=O) groups is 2. The number of Topliss-reactive ketones (excluding diaryl/α,β-unsaturated/α-hetero) is 2. The molecule has 3 aromatic carbocycles. The smallest absolute Gasteiger partial charge is 0.178 e. The molecule has 1 unspecified atom stereocenters. The minimum absolute atomic E-state index is 0.0400. The summed E-state index contributed by atoms with van der Waals surface area (Å²) in [5.41, 5.74) is 10.9. The highest BCUT2D eigenvalue weighted by atomic mass is 16.2. The van der Waals surface area contributed by atoms with Gasteiger partial charge in [0.15, 0.2) is 11.6 Å². The lowest BCUT2D eigenvalue weighted by Gasteiger charge is -2.28. The monoisotopic (exact) mass is 487 g/mol. The number of hydrogen-bond acceptors (Lipinski definition) is 3. The van der Waals surface area contributed by atoms with E-state index < -0.39 is 5.92 Å². The molecule has 0 saturated heterocycles. The molecule has 186 valence electrons. The molecular weight excluding hydrogens is 454 g/mol. The highest BCUT2D eigenvalue weighted by Gasteiger charge is 2.44. The molecule has 0 amide bonds. The van der Waals surface area contributed by atoms with Crippen LogP contribution >= 0.6 is 0 Å². The first-order valence-electron chi connectivity index (χ1n) is 14.0. The van der Waals surface area contributed by atoms with Crippen molar-refractivity contribution in [1.82, 2.24) is 0 Å². The first-order chi connectivity index (χ1) is 18.1. The van der Waals surface area contributed by atoms with E-state index in [1.807, 2.05) is 12.1 Å². The van der Waals surface area contributed by atoms with Crippen molar-refractivity contribution in [2.24, 2.45) is 11.8 Å². The lowest BCUT2D eigenvalue weighted by Crippen LogP contribution is -2.16. The van der Waals surface area contributed by atoms with Crippen molar-refractivity contribution in [2.45, 2.75) is 64.2 Å². The zero-order valence-electron chi connectivity index (χ0n) is 21.5. The van der Waals surface area contributed by atoms with Gasteiger partial charge >= 0.3 is 0 Å². The maximum Gasteiger partial charge on any atom is 0.178 e. The summed E-state index contributed by atoms with van der Waals surface area (Å²) in [5.74, 6) is 0.0386. The molecule has 0 radical (unpaired) electrons. The Bertz CT molecular complexity index is 1440. The number of anilines is 2. The molecule has 0 aliphatic heterocycles. The Morgan fingerprint density at radius 3 is 2.27 bits per heavy atom. The van der Waals surface area contributed by atoms with E-state index in [-0.39, 0.29) is 17.5 Å². The highest BCUT2D eigenvalue weighted by molar-refractivity contribution is 6.31. The van der Waals surface area contributed by atoms with Crippen LogP contribution in [0, 0.1) is 18.8 Å². The number of ketones is 2. The quantitative estimate of drug-likeness (QED) is 0.379. The van der Waals surface area contributed by atoms with Crippen LogP contribution in [0.25, 0.3) is 5.57 Å². The van der Waals surface area contributed by atoms with Crippen LogP contribution in [0.2, 0.25) is 0 Å². The maximum absolute atomic E-state index is 13.5. The zero-order valence-corrected chi connectivity index (χ0v) is 21.5. The second-order valence-corrected chi connectivity index (χ2v) is 11.4. The predicted octanol–water partition coefficient (Wildman–Crippen LogP) is 7.98. The fourth-order valence-electron chi connectivity index (χ4n) is 7.40. The number of fused-ring (bicyclic) bond motifs is 3. The topological polar surface area (TPSA) is 46.2 Å². The van der Waals surface area contributed by atoms with Crippen LogP contribution in [0.15, 0.2) is 60.7 Å². The zero-order chi connectivity index (χ0) is 25.1. The Balaban J connectivity index is 1.31. The fraction of sp³-hybridized carbons (Fsp3) is 0.353. The van der Waals surface area contributed by atoms with Gasteiger partial charge < -0.3 is 5.32 Å². The first kappa shape index (κ1) is 22.7. The van der Waals surface area contributed by atoms with Crippen LogP contribution in [0.1, 0.15) is 93.0 Å². The van der Waals surface area contributed by atoms with Crippen LogP contribution < -0.4 is 5.32 Å². The van der Waals surface area contributed by atoms with Gasteiger partial charge in [-0.25, -0.2) is 0 Å². The average molecular weight is 488 g/mol. The fourth-order valence-corrected chi connectivity index (χ4v) is 7.40. The molecule has 1 atom stereocenters. The van der Waals surface area contributed by atoms with Crippen molar-refractivity contribution in [3.8, 4) is 0 Å². The van der Waals surface area contributed by atoms with E-state index in [0.717, 1.165) is 35.2 Å². The summed E-state index contributed by atoms with van der Waals surface area (Å²) < 4.78 is 0. The van der Waals surface area contributed by atoms with Crippen molar-refractivity contribution in [3.63, 3.8) is 0 Å². The van der Waals surface area contributed by atoms with Crippen molar-refractivity contribution in [2.75, 3.05) is 5.32 Å². The molecule has 0 bridgehead atoms. The Labute approximate surface area is 219 Å². The summed E-state index contributed by atoms with van der Waals surface area (Å²) in [4.78, 5) is 27.0. The van der Waals surface area contributed by atoms with Gasteiger partial charge in [-0.2, -0.15) is 0 Å². The number of nitrogens with one attached hydrogen (secondary N) is 1. The second-order valence-electron chi connectivity index (χ2n) is 11.4. The van der Waals surface area contributed by atoms with Gasteiger partial charge in [-0.1, -0.05) is 61.7 Å². The van der Waals surface area contributed by atoms with Crippen molar-refractivity contribution in [3.05, 3.63) is 99.6 Å². The van der Waals surface area contributed by atoms with Gasteiger partial charge in [0.2, 0.25) is 0 Å². The largest absolute Gasteiger partial charge is 0.355 e. The molecule has 4 aliphatic carbocycles. The summed E-state index contributed by atoms with van der Waals surface area (Å²) in [6.45, 7) is 2.14. The van der Waals surface area contributed by atoms with Gasteiger partial charge in [0.1, 0.15) is 5.92 Å². The lowest BCUT2D eigenvalue weighted by atomic mass is 9.77. The third kappa shape index (κ3) is 3.62. The van der Waals surface area contributed by atoms with Crippen molar-refractivity contribution >= 4 is 28.5 Å². The van der Waals surface area contributed by atoms with Gasteiger partial charge in [-0.05, 0) is 96.5 Å².